The lowest BCUT2D eigenvalue weighted by Gasteiger charge is -2.34. The Morgan fingerprint density at radius 3 is 2.59 bits per heavy atom. The van der Waals surface area contributed by atoms with Crippen molar-refractivity contribution in [2.24, 2.45) is 0 Å². The molecule has 1 aromatic carbocycles. The third-order valence-corrected chi connectivity index (χ3v) is 4.02. The van der Waals surface area contributed by atoms with Crippen molar-refractivity contribution < 1.29 is 14.7 Å². The number of rotatable bonds is 4. The molecule has 8 heteroatoms. The van der Waals surface area contributed by atoms with E-state index in [4.69, 9.17) is 9.90 Å². The molecule has 2 N–H and O–H groups in total. The van der Waals surface area contributed by atoms with Crippen LogP contribution in [-0.2, 0) is 16.0 Å². The first-order valence-electron chi connectivity index (χ1n) is 8.62. The minimum Gasteiger partial charge on any atom is -0.483 e. The van der Waals surface area contributed by atoms with Gasteiger partial charge in [-0.25, -0.2) is 4.98 Å². The van der Waals surface area contributed by atoms with Crippen LogP contribution < -0.4 is 15.1 Å². The van der Waals surface area contributed by atoms with Crippen LogP contribution in [-0.4, -0.2) is 60.7 Å². The fraction of sp³-hybridized carbons (Fsp3) is 0.368. The highest BCUT2D eigenvalue weighted by atomic mass is 16.3. The molecule has 0 spiro atoms. The molecule has 144 valence electrons. The molecule has 2 aromatic rings. The number of aryl methyl sites for hydroxylation is 1. The van der Waals surface area contributed by atoms with E-state index in [1.807, 2.05) is 55.1 Å². The summed E-state index contributed by atoms with van der Waals surface area (Å²) < 4.78 is 0. The minimum absolute atomic E-state index is 0.0323. The highest BCUT2D eigenvalue weighted by molar-refractivity contribution is 5.82. The number of hydrogen-bond acceptors (Lipinski definition) is 6. The zero-order chi connectivity index (χ0) is 19.8. The molecule has 0 radical (unpaired) electrons. The minimum atomic E-state index is -0.250. The zero-order valence-electron chi connectivity index (χ0n) is 15.8. The number of anilines is 2. The second-order valence-corrected chi connectivity index (χ2v) is 6.50. The number of amides is 1. The second-order valence-electron chi connectivity index (χ2n) is 6.50. The molecule has 1 aliphatic rings. The summed E-state index contributed by atoms with van der Waals surface area (Å²) in [5.74, 6) is 1.50. The number of nitrogens with one attached hydrogen (secondary N) is 1. The molecular formula is C19H25N5O3. The Morgan fingerprint density at radius 1 is 1.30 bits per heavy atom. The van der Waals surface area contributed by atoms with Gasteiger partial charge in [-0.1, -0.05) is 30.3 Å². The van der Waals surface area contributed by atoms with Crippen LogP contribution in [0.25, 0.3) is 0 Å². The smallest absolute Gasteiger partial charge is 0.290 e. The number of benzene rings is 1. The van der Waals surface area contributed by atoms with Gasteiger partial charge in [0.25, 0.3) is 6.47 Å². The summed E-state index contributed by atoms with van der Waals surface area (Å²) in [6, 6.07) is 12.2. The first-order chi connectivity index (χ1) is 12.9. The summed E-state index contributed by atoms with van der Waals surface area (Å²) >= 11 is 0. The van der Waals surface area contributed by atoms with Crippen LogP contribution >= 0.6 is 0 Å². The maximum absolute atomic E-state index is 12.1. The van der Waals surface area contributed by atoms with Crippen molar-refractivity contribution in [3.63, 3.8) is 0 Å². The molecule has 1 aliphatic heterocycles. The van der Waals surface area contributed by atoms with Gasteiger partial charge in [0, 0.05) is 32.4 Å². The van der Waals surface area contributed by atoms with Crippen LogP contribution in [0, 0.1) is 6.92 Å². The number of hydrogen-bond donors (Lipinski definition) is 2. The lowest BCUT2D eigenvalue weighted by molar-refractivity contribution is -0.123. The molecule has 8 nitrogen and oxygen atoms in total. The lowest BCUT2D eigenvalue weighted by Crippen LogP contribution is -2.55. The Labute approximate surface area is 158 Å². The van der Waals surface area contributed by atoms with Gasteiger partial charge in [-0.15, -0.1) is 0 Å². The predicted molar refractivity (Wildman–Crippen MR) is 104 cm³/mol. The SMILES string of the molecule is Cc1cc(N2CC(=O)N[C@@H](Cc3ccccc3)C2)nc(N(C)C)n1.O=CO. The number of piperazine rings is 1. The van der Waals surface area contributed by atoms with Crippen molar-refractivity contribution in [2.45, 2.75) is 19.4 Å². The predicted octanol–water partition coefficient (Wildman–Crippen LogP) is 1.10. The Bertz CT molecular complexity index is 767. The first kappa shape index (κ1) is 20.2. The molecule has 3 rings (SSSR count). The number of aromatic nitrogens is 2. The molecule has 0 unspecified atom stereocenters. The maximum atomic E-state index is 12.1. The van der Waals surface area contributed by atoms with Gasteiger partial charge in [0.2, 0.25) is 11.9 Å². The van der Waals surface area contributed by atoms with Crippen molar-refractivity contribution in [3.8, 4) is 0 Å². The molecule has 1 aromatic heterocycles. The molecule has 0 aliphatic carbocycles. The van der Waals surface area contributed by atoms with E-state index in [0.29, 0.717) is 12.5 Å². The highest BCUT2D eigenvalue weighted by Gasteiger charge is 2.26. The number of nitrogens with zero attached hydrogens (tertiary/aromatic N) is 4. The summed E-state index contributed by atoms with van der Waals surface area (Å²) in [7, 11) is 3.83. The standard InChI is InChI=1S/C18H23N5O.CH2O2/c1-13-9-16(21-18(19-13)22(2)3)23-11-15(20-17(24)12-23)10-14-7-5-4-6-8-14;2-1-3/h4-9,15H,10-12H2,1-3H3,(H,20,24);1H,(H,2,3)/t15-;/m0./s1. The molecule has 1 atom stereocenters. The first-order valence-corrected chi connectivity index (χ1v) is 8.62. The highest BCUT2D eigenvalue weighted by Crippen LogP contribution is 2.19. The Kier molecular flexibility index (Phi) is 7.10. The van der Waals surface area contributed by atoms with Gasteiger partial charge >= 0.3 is 0 Å². The fourth-order valence-corrected chi connectivity index (χ4v) is 2.91. The third kappa shape index (κ3) is 5.95. The van der Waals surface area contributed by atoms with Crippen LogP contribution in [0.5, 0.6) is 0 Å². The van der Waals surface area contributed by atoms with Crippen molar-refractivity contribution in [3.05, 3.63) is 47.7 Å². The normalized spacial score (nSPS) is 16.0. The van der Waals surface area contributed by atoms with E-state index < -0.39 is 0 Å². The van der Waals surface area contributed by atoms with Gasteiger partial charge in [0.05, 0.1) is 12.6 Å². The van der Waals surface area contributed by atoms with Gasteiger partial charge < -0.3 is 20.2 Å². The Hall–Kier alpha value is -3.16. The quantitative estimate of drug-likeness (QED) is 0.777. The van der Waals surface area contributed by atoms with Gasteiger partial charge in [0.1, 0.15) is 5.82 Å². The van der Waals surface area contributed by atoms with Crippen molar-refractivity contribution >= 4 is 24.1 Å². The number of carboxylic acid groups (broad SMARTS) is 1. The molecule has 2 heterocycles. The molecule has 0 saturated carbocycles. The Balaban J connectivity index is 0.000000817. The van der Waals surface area contributed by atoms with E-state index in [9.17, 15) is 4.79 Å². The van der Waals surface area contributed by atoms with E-state index in [-0.39, 0.29) is 18.4 Å². The number of carbonyl (C=O) groups excluding carboxylic acids is 1. The van der Waals surface area contributed by atoms with E-state index >= 15 is 0 Å². The van der Waals surface area contributed by atoms with Crippen LogP contribution in [0.2, 0.25) is 0 Å². The maximum Gasteiger partial charge on any atom is 0.290 e. The van der Waals surface area contributed by atoms with Crippen molar-refractivity contribution in [1.29, 1.82) is 0 Å². The molecule has 27 heavy (non-hydrogen) atoms. The second kappa shape index (κ2) is 9.51. The van der Waals surface area contributed by atoms with Crippen molar-refractivity contribution in [1.82, 2.24) is 15.3 Å². The average Bonchev–Trinajstić information content (AvgIpc) is 2.62. The summed E-state index contributed by atoms with van der Waals surface area (Å²) in [6.45, 7) is 2.77. The van der Waals surface area contributed by atoms with E-state index in [2.05, 4.69) is 27.4 Å². The summed E-state index contributed by atoms with van der Waals surface area (Å²) in [5, 5.41) is 9.97. The molecule has 0 bridgehead atoms. The third-order valence-electron chi connectivity index (χ3n) is 4.02. The van der Waals surface area contributed by atoms with Crippen LogP contribution in [0.4, 0.5) is 11.8 Å². The van der Waals surface area contributed by atoms with Crippen LogP contribution in [0.15, 0.2) is 36.4 Å². The van der Waals surface area contributed by atoms with Gasteiger partial charge in [-0.05, 0) is 18.9 Å². The van der Waals surface area contributed by atoms with Crippen LogP contribution in [0.3, 0.4) is 0 Å². The molecule has 1 fully saturated rings. The monoisotopic (exact) mass is 371 g/mol. The van der Waals surface area contributed by atoms with Gasteiger partial charge in [-0.2, -0.15) is 4.98 Å². The Morgan fingerprint density at radius 2 is 1.96 bits per heavy atom. The van der Waals surface area contributed by atoms with Crippen molar-refractivity contribution in [2.75, 3.05) is 37.0 Å². The molecule has 1 saturated heterocycles. The van der Waals surface area contributed by atoms with E-state index in [0.717, 1.165) is 24.5 Å². The average molecular weight is 371 g/mol. The van der Waals surface area contributed by atoms with Gasteiger partial charge in [-0.3, -0.25) is 9.59 Å². The molecular weight excluding hydrogens is 346 g/mol. The lowest BCUT2D eigenvalue weighted by atomic mass is 10.0. The van der Waals surface area contributed by atoms with Gasteiger partial charge in [0.15, 0.2) is 0 Å². The van der Waals surface area contributed by atoms with Crippen LogP contribution in [0.1, 0.15) is 11.3 Å². The zero-order valence-corrected chi connectivity index (χ0v) is 15.8. The summed E-state index contributed by atoms with van der Waals surface area (Å²) in [4.78, 5) is 33.4. The summed E-state index contributed by atoms with van der Waals surface area (Å²) in [6.07, 6.45) is 0.813. The largest absolute Gasteiger partial charge is 0.483 e. The summed E-state index contributed by atoms with van der Waals surface area (Å²) in [5.41, 5.74) is 2.12. The fourth-order valence-electron chi connectivity index (χ4n) is 2.91. The van der Waals surface area contributed by atoms with E-state index in [1.54, 1.807) is 0 Å². The van der Waals surface area contributed by atoms with E-state index in [1.165, 1.54) is 5.56 Å². The molecule has 1 amide bonds. The topological polar surface area (TPSA) is 98.7 Å². The number of carbonyl (C=O) groups is 2.